The number of aromatic nitrogens is 5. The summed E-state index contributed by atoms with van der Waals surface area (Å²) in [6.07, 6.45) is 9.26. The fourth-order valence-electron chi connectivity index (χ4n) is 3.53. The van der Waals surface area contributed by atoms with E-state index in [1.807, 2.05) is 11.6 Å². The van der Waals surface area contributed by atoms with Crippen LogP contribution in [0.2, 0.25) is 0 Å². The molecule has 2 aromatic rings. The standard InChI is InChI=1S/C16H22N6O/c1-21-11-19-20-16(21)14-9-22(7-8-23-14)15-12-5-3-2-4-6-13(12)17-10-18-15/h10-11,14H,2-9H2,1H3/t14-/m1/s1. The topological polar surface area (TPSA) is 69.0 Å². The molecule has 4 rings (SSSR count). The van der Waals surface area contributed by atoms with E-state index < -0.39 is 0 Å². The van der Waals surface area contributed by atoms with E-state index in [0.717, 1.165) is 37.6 Å². The van der Waals surface area contributed by atoms with Crippen molar-refractivity contribution >= 4 is 5.82 Å². The van der Waals surface area contributed by atoms with E-state index in [-0.39, 0.29) is 6.10 Å². The van der Waals surface area contributed by atoms with E-state index in [9.17, 15) is 0 Å². The molecule has 0 radical (unpaired) electrons. The minimum Gasteiger partial charge on any atom is -0.366 e. The van der Waals surface area contributed by atoms with Gasteiger partial charge in [-0.25, -0.2) is 9.97 Å². The van der Waals surface area contributed by atoms with Crippen molar-refractivity contribution in [3.8, 4) is 0 Å². The summed E-state index contributed by atoms with van der Waals surface area (Å²) >= 11 is 0. The highest BCUT2D eigenvalue weighted by Crippen LogP contribution is 2.30. The lowest BCUT2D eigenvalue weighted by atomic mass is 10.1. The number of aryl methyl sites for hydroxylation is 2. The second-order valence-corrected chi connectivity index (χ2v) is 6.29. The summed E-state index contributed by atoms with van der Waals surface area (Å²) in [4.78, 5) is 11.5. The van der Waals surface area contributed by atoms with Gasteiger partial charge in [0, 0.05) is 24.8 Å². The Labute approximate surface area is 135 Å². The van der Waals surface area contributed by atoms with Crippen molar-refractivity contribution in [3.05, 3.63) is 29.7 Å². The van der Waals surface area contributed by atoms with Gasteiger partial charge in [0.25, 0.3) is 0 Å². The third-order valence-corrected chi connectivity index (χ3v) is 4.75. The second-order valence-electron chi connectivity index (χ2n) is 6.29. The Bertz CT molecular complexity index is 685. The van der Waals surface area contributed by atoms with Crippen LogP contribution in [0.15, 0.2) is 12.7 Å². The largest absolute Gasteiger partial charge is 0.366 e. The monoisotopic (exact) mass is 314 g/mol. The Kier molecular flexibility index (Phi) is 3.95. The first-order chi connectivity index (χ1) is 11.3. The smallest absolute Gasteiger partial charge is 0.163 e. The SMILES string of the molecule is Cn1cnnc1[C@H]1CN(c2ncnc3c2CCCCC3)CCO1. The Balaban J connectivity index is 1.62. The molecule has 0 aromatic carbocycles. The summed E-state index contributed by atoms with van der Waals surface area (Å²) in [7, 11) is 1.95. The molecule has 0 amide bonds. The maximum atomic E-state index is 5.92. The van der Waals surface area contributed by atoms with Gasteiger partial charge in [-0.05, 0) is 25.7 Å². The highest BCUT2D eigenvalue weighted by molar-refractivity contribution is 5.49. The van der Waals surface area contributed by atoms with Crippen molar-refractivity contribution in [2.45, 2.75) is 38.2 Å². The summed E-state index contributed by atoms with van der Waals surface area (Å²) in [5.74, 6) is 1.96. The lowest BCUT2D eigenvalue weighted by Crippen LogP contribution is -2.40. The molecular weight excluding hydrogens is 292 g/mol. The molecular formula is C16H22N6O. The Hall–Kier alpha value is -2.02. The molecule has 2 aliphatic rings. The van der Waals surface area contributed by atoms with Gasteiger partial charge in [0.2, 0.25) is 0 Å². The number of nitrogens with zero attached hydrogens (tertiary/aromatic N) is 6. The second kappa shape index (κ2) is 6.23. The van der Waals surface area contributed by atoms with Crippen LogP contribution in [0.3, 0.4) is 0 Å². The van der Waals surface area contributed by atoms with Gasteiger partial charge in [-0.2, -0.15) is 0 Å². The molecule has 1 atom stereocenters. The Morgan fingerprint density at radius 1 is 1.17 bits per heavy atom. The summed E-state index contributed by atoms with van der Waals surface area (Å²) in [5, 5.41) is 8.16. The van der Waals surface area contributed by atoms with Gasteiger partial charge >= 0.3 is 0 Å². The molecule has 1 saturated heterocycles. The number of morpholine rings is 1. The molecule has 0 saturated carbocycles. The van der Waals surface area contributed by atoms with Crippen LogP contribution in [0.1, 0.15) is 42.4 Å². The van der Waals surface area contributed by atoms with Crippen molar-refractivity contribution < 1.29 is 4.74 Å². The maximum Gasteiger partial charge on any atom is 0.163 e. The van der Waals surface area contributed by atoms with Gasteiger partial charge in [0.1, 0.15) is 24.6 Å². The average Bonchev–Trinajstić information content (AvgIpc) is 2.87. The van der Waals surface area contributed by atoms with E-state index >= 15 is 0 Å². The van der Waals surface area contributed by atoms with Gasteiger partial charge in [0.05, 0.1) is 13.2 Å². The molecule has 7 heteroatoms. The highest BCUT2D eigenvalue weighted by atomic mass is 16.5. The molecule has 1 aliphatic carbocycles. The average molecular weight is 314 g/mol. The van der Waals surface area contributed by atoms with Crippen LogP contribution in [-0.2, 0) is 24.6 Å². The molecule has 1 aliphatic heterocycles. The first-order valence-electron chi connectivity index (χ1n) is 8.36. The summed E-state index contributed by atoms with van der Waals surface area (Å²) in [6.45, 7) is 2.30. The van der Waals surface area contributed by atoms with Crippen LogP contribution < -0.4 is 4.90 Å². The van der Waals surface area contributed by atoms with Crippen LogP contribution in [-0.4, -0.2) is 44.4 Å². The zero-order valence-electron chi connectivity index (χ0n) is 13.5. The lowest BCUT2D eigenvalue weighted by Gasteiger charge is -2.34. The number of hydrogen-bond donors (Lipinski definition) is 0. The predicted molar refractivity (Wildman–Crippen MR) is 85.2 cm³/mol. The summed E-state index contributed by atoms with van der Waals surface area (Å²) in [5.41, 5.74) is 2.57. The number of ether oxygens (including phenoxy) is 1. The van der Waals surface area contributed by atoms with Crippen molar-refractivity contribution in [1.82, 2.24) is 24.7 Å². The highest BCUT2D eigenvalue weighted by Gasteiger charge is 2.28. The summed E-state index contributed by atoms with van der Waals surface area (Å²) in [6, 6.07) is 0. The van der Waals surface area contributed by atoms with Crippen LogP contribution in [0.25, 0.3) is 0 Å². The fourth-order valence-corrected chi connectivity index (χ4v) is 3.53. The lowest BCUT2D eigenvalue weighted by molar-refractivity contribution is 0.0318. The van der Waals surface area contributed by atoms with E-state index in [4.69, 9.17) is 4.74 Å². The third-order valence-electron chi connectivity index (χ3n) is 4.75. The quantitative estimate of drug-likeness (QED) is 0.782. The molecule has 0 N–H and O–H groups in total. The van der Waals surface area contributed by atoms with Crippen LogP contribution in [0, 0.1) is 0 Å². The number of rotatable bonds is 2. The van der Waals surface area contributed by atoms with Gasteiger partial charge in [-0.1, -0.05) is 6.42 Å². The van der Waals surface area contributed by atoms with Gasteiger partial charge in [-0.3, -0.25) is 0 Å². The molecule has 0 bridgehead atoms. The van der Waals surface area contributed by atoms with Crippen molar-refractivity contribution in [2.24, 2.45) is 7.05 Å². The maximum absolute atomic E-state index is 5.92. The normalized spacial score (nSPS) is 21.8. The first-order valence-corrected chi connectivity index (χ1v) is 8.36. The molecule has 7 nitrogen and oxygen atoms in total. The summed E-state index contributed by atoms with van der Waals surface area (Å²) < 4.78 is 7.84. The number of fused-ring (bicyclic) bond motifs is 1. The molecule has 2 aromatic heterocycles. The van der Waals surface area contributed by atoms with Crippen LogP contribution >= 0.6 is 0 Å². The first kappa shape index (κ1) is 14.6. The predicted octanol–water partition coefficient (Wildman–Crippen LogP) is 1.45. The Morgan fingerprint density at radius 3 is 2.96 bits per heavy atom. The van der Waals surface area contributed by atoms with Gasteiger partial charge in [0.15, 0.2) is 5.82 Å². The molecule has 23 heavy (non-hydrogen) atoms. The van der Waals surface area contributed by atoms with E-state index in [2.05, 4.69) is 25.1 Å². The fraction of sp³-hybridized carbons (Fsp3) is 0.625. The van der Waals surface area contributed by atoms with E-state index in [0.29, 0.717) is 6.61 Å². The van der Waals surface area contributed by atoms with Gasteiger partial charge < -0.3 is 14.2 Å². The zero-order chi connectivity index (χ0) is 15.6. The number of anilines is 1. The molecule has 3 heterocycles. The van der Waals surface area contributed by atoms with E-state index in [1.165, 1.54) is 30.5 Å². The zero-order valence-corrected chi connectivity index (χ0v) is 13.5. The third kappa shape index (κ3) is 2.81. The molecule has 1 fully saturated rings. The van der Waals surface area contributed by atoms with E-state index in [1.54, 1.807) is 12.7 Å². The van der Waals surface area contributed by atoms with Crippen LogP contribution in [0.5, 0.6) is 0 Å². The van der Waals surface area contributed by atoms with Crippen LogP contribution in [0.4, 0.5) is 5.82 Å². The number of hydrogen-bond acceptors (Lipinski definition) is 6. The minimum atomic E-state index is -0.0624. The Morgan fingerprint density at radius 2 is 2.09 bits per heavy atom. The van der Waals surface area contributed by atoms with Crippen molar-refractivity contribution in [2.75, 3.05) is 24.6 Å². The van der Waals surface area contributed by atoms with Crippen molar-refractivity contribution in [3.63, 3.8) is 0 Å². The molecule has 0 spiro atoms. The minimum absolute atomic E-state index is 0.0624. The molecule has 122 valence electrons. The van der Waals surface area contributed by atoms with Crippen molar-refractivity contribution in [1.29, 1.82) is 0 Å². The van der Waals surface area contributed by atoms with Gasteiger partial charge in [-0.15, -0.1) is 10.2 Å². The molecule has 0 unspecified atom stereocenters.